The summed E-state index contributed by atoms with van der Waals surface area (Å²) in [5, 5.41) is 0. The van der Waals surface area contributed by atoms with Crippen molar-refractivity contribution in [3.05, 3.63) is 42.5 Å². The molecule has 0 aromatic heterocycles. The number of rotatable bonds is 1. The lowest BCUT2D eigenvalue weighted by Gasteiger charge is -2.28. The molecular weight excluding hydrogens is 238 g/mol. The van der Waals surface area contributed by atoms with Crippen LogP contribution in [0, 0.1) is 23.2 Å². The van der Waals surface area contributed by atoms with Gasteiger partial charge in [-0.2, -0.15) is 0 Å². The van der Waals surface area contributed by atoms with E-state index in [-0.39, 0.29) is 29.6 Å². The highest BCUT2D eigenvalue weighted by atomic mass is 16.2. The minimum atomic E-state index is -0.521. The molecule has 0 unspecified atom stereocenters. The molecule has 19 heavy (non-hydrogen) atoms. The fourth-order valence-corrected chi connectivity index (χ4v) is 4.13. The number of carbonyl (C=O) groups is 2. The maximum absolute atomic E-state index is 12.8. The zero-order valence-electron chi connectivity index (χ0n) is 10.7. The van der Waals surface area contributed by atoms with Gasteiger partial charge in [0.15, 0.2) is 0 Å². The summed E-state index contributed by atoms with van der Waals surface area (Å²) in [5.74, 6) is 0.282. The molecule has 1 heterocycles. The summed E-state index contributed by atoms with van der Waals surface area (Å²) in [7, 11) is 0. The van der Waals surface area contributed by atoms with Crippen LogP contribution in [0.3, 0.4) is 0 Å². The lowest BCUT2D eigenvalue weighted by Crippen LogP contribution is -2.37. The molecule has 0 spiro atoms. The second kappa shape index (κ2) is 3.35. The number of carbonyl (C=O) groups excluding carboxylic acids is 2. The van der Waals surface area contributed by atoms with E-state index in [1.807, 2.05) is 37.3 Å². The monoisotopic (exact) mass is 253 g/mol. The molecule has 3 aliphatic rings. The number of amides is 2. The molecule has 96 valence electrons. The SMILES string of the molecule is C[C@@]12C(=O)N(c3ccccc3)C(=O)[C@@H]1[C@H]1C=C[C@H]2C1. The van der Waals surface area contributed by atoms with Gasteiger partial charge >= 0.3 is 0 Å². The lowest BCUT2D eigenvalue weighted by molar-refractivity contribution is -0.127. The fourth-order valence-electron chi connectivity index (χ4n) is 4.13. The van der Waals surface area contributed by atoms with E-state index >= 15 is 0 Å². The lowest BCUT2D eigenvalue weighted by atomic mass is 9.71. The second-order valence-corrected chi connectivity index (χ2v) is 5.97. The summed E-state index contributed by atoms with van der Waals surface area (Å²) in [5.41, 5.74) is 0.180. The average molecular weight is 253 g/mol. The third-order valence-corrected chi connectivity index (χ3v) is 5.13. The molecule has 2 amide bonds. The smallest absolute Gasteiger partial charge is 0.241 e. The highest BCUT2D eigenvalue weighted by Crippen LogP contribution is 2.60. The van der Waals surface area contributed by atoms with Crippen LogP contribution in [0.1, 0.15) is 13.3 Å². The highest BCUT2D eigenvalue weighted by molar-refractivity contribution is 6.24. The van der Waals surface area contributed by atoms with Crippen molar-refractivity contribution < 1.29 is 9.59 Å². The van der Waals surface area contributed by atoms with E-state index in [0.29, 0.717) is 5.69 Å². The normalized spacial score (nSPS) is 39.2. The Morgan fingerprint density at radius 1 is 1.16 bits per heavy atom. The van der Waals surface area contributed by atoms with Crippen molar-refractivity contribution in [2.75, 3.05) is 4.90 Å². The Kier molecular flexibility index (Phi) is 1.93. The van der Waals surface area contributed by atoms with Gasteiger partial charge < -0.3 is 0 Å². The molecule has 0 radical (unpaired) electrons. The van der Waals surface area contributed by atoms with Crippen molar-refractivity contribution in [2.24, 2.45) is 23.2 Å². The van der Waals surface area contributed by atoms with Crippen LogP contribution in [0.15, 0.2) is 42.5 Å². The topological polar surface area (TPSA) is 37.4 Å². The molecule has 2 fully saturated rings. The van der Waals surface area contributed by atoms with Crippen molar-refractivity contribution >= 4 is 17.5 Å². The largest absolute Gasteiger partial charge is 0.274 e. The first-order valence-electron chi connectivity index (χ1n) is 6.76. The molecule has 1 aliphatic heterocycles. The molecular formula is C16H15NO2. The molecule has 1 saturated carbocycles. The second-order valence-electron chi connectivity index (χ2n) is 5.97. The fraction of sp³-hybridized carbons (Fsp3) is 0.375. The number of hydrogen-bond donors (Lipinski definition) is 0. The number of nitrogens with zero attached hydrogens (tertiary/aromatic N) is 1. The Balaban J connectivity index is 1.83. The summed E-state index contributed by atoms with van der Waals surface area (Å²) in [6, 6.07) is 9.27. The highest BCUT2D eigenvalue weighted by Gasteiger charge is 2.67. The Bertz CT molecular complexity index is 606. The summed E-state index contributed by atoms with van der Waals surface area (Å²) < 4.78 is 0. The minimum absolute atomic E-state index is 0.0180. The molecule has 1 aromatic carbocycles. The van der Waals surface area contributed by atoms with Crippen LogP contribution in [0.2, 0.25) is 0 Å². The van der Waals surface area contributed by atoms with E-state index in [4.69, 9.17) is 0 Å². The van der Waals surface area contributed by atoms with Crippen molar-refractivity contribution in [3.8, 4) is 0 Å². The van der Waals surface area contributed by atoms with Gasteiger partial charge in [0.05, 0.1) is 17.0 Å². The number of benzene rings is 1. The van der Waals surface area contributed by atoms with Crippen molar-refractivity contribution in [3.63, 3.8) is 0 Å². The molecule has 2 aliphatic carbocycles. The van der Waals surface area contributed by atoms with E-state index < -0.39 is 5.41 Å². The van der Waals surface area contributed by atoms with Crippen molar-refractivity contribution in [2.45, 2.75) is 13.3 Å². The maximum Gasteiger partial charge on any atom is 0.241 e. The summed E-state index contributed by atoms with van der Waals surface area (Å²) in [6.45, 7) is 1.97. The van der Waals surface area contributed by atoms with Crippen LogP contribution in [-0.2, 0) is 9.59 Å². The Morgan fingerprint density at radius 2 is 1.89 bits per heavy atom. The van der Waals surface area contributed by atoms with E-state index in [9.17, 15) is 9.59 Å². The van der Waals surface area contributed by atoms with Gasteiger partial charge in [-0.15, -0.1) is 0 Å². The number of hydrogen-bond acceptors (Lipinski definition) is 2. The number of fused-ring (bicyclic) bond motifs is 5. The van der Waals surface area contributed by atoms with Crippen LogP contribution < -0.4 is 4.90 Å². The molecule has 3 heteroatoms. The molecule has 3 nitrogen and oxygen atoms in total. The molecule has 2 bridgehead atoms. The van der Waals surface area contributed by atoms with Crippen molar-refractivity contribution in [1.29, 1.82) is 0 Å². The van der Waals surface area contributed by atoms with E-state index in [0.717, 1.165) is 6.42 Å². The van der Waals surface area contributed by atoms with E-state index in [2.05, 4.69) is 12.2 Å². The summed E-state index contributed by atoms with van der Waals surface area (Å²) in [6.07, 6.45) is 5.21. The first kappa shape index (κ1) is 11.0. The third kappa shape index (κ3) is 1.14. The first-order valence-corrected chi connectivity index (χ1v) is 6.76. The molecule has 0 N–H and O–H groups in total. The predicted molar refractivity (Wildman–Crippen MR) is 71.3 cm³/mol. The van der Waals surface area contributed by atoms with Gasteiger partial charge in [0.1, 0.15) is 0 Å². The molecule has 4 rings (SSSR count). The van der Waals surface area contributed by atoms with Gasteiger partial charge in [-0.1, -0.05) is 30.4 Å². The number of anilines is 1. The van der Waals surface area contributed by atoms with Crippen LogP contribution in [-0.4, -0.2) is 11.8 Å². The quantitative estimate of drug-likeness (QED) is 0.569. The number of imide groups is 1. The van der Waals surface area contributed by atoms with Gasteiger partial charge in [0, 0.05) is 0 Å². The van der Waals surface area contributed by atoms with E-state index in [1.165, 1.54) is 4.90 Å². The Labute approximate surface area is 111 Å². The number of allylic oxidation sites excluding steroid dienone is 2. The third-order valence-electron chi connectivity index (χ3n) is 5.13. The number of para-hydroxylation sites is 1. The summed E-state index contributed by atoms with van der Waals surface area (Å²) in [4.78, 5) is 26.8. The van der Waals surface area contributed by atoms with Gasteiger partial charge in [-0.25, -0.2) is 4.90 Å². The van der Waals surface area contributed by atoms with Gasteiger partial charge in [0.2, 0.25) is 11.8 Å². The predicted octanol–water partition coefficient (Wildman–Crippen LogP) is 2.39. The zero-order valence-corrected chi connectivity index (χ0v) is 10.7. The van der Waals surface area contributed by atoms with Gasteiger partial charge in [-0.05, 0) is 37.3 Å². The van der Waals surface area contributed by atoms with Crippen LogP contribution in [0.4, 0.5) is 5.69 Å². The van der Waals surface area contributed by atoms with Crippen LogP contribution in [0.5, 0.6) is 0 Å². The van der Waals surface area contributed by atoms with Crippen LogP contribution in [0.25, 0.3) is 0 Å². The van der Waals surface area contributed by atoms with Gasteiger partial charge in [-0.3, -0.25) is 9.59 Å². The first-order chi connectivity index (χ1) is 9.14. The van der Waals surface area contributed by atoms with E-state index in [1.54, 1.807) is 0 Å². The minimum Gasteiger partial charge on any atom is -0.274 e. The summed E-state index contributed by atoms with van der Waals surface area (Å²) >= 11 is 0. The van der Waals surface area contributed by atoms with Crippen molar-refractivity contribution in [1.82, 2.24) is 0 Å². The zero-order chi connectivity index (χ0) is 13.2. The average Bonchev–Trinajstić information content (AvgIpc) is 3.04. The Hall–Kier alpha value is -1.90. The standard InChI is InChI=1S/C16H15NO2/c1-16-11-8-7-10(9-11)13(16)14(18)17(15(16)19)12-5-3-2-4-6-12/h2-8,10-11,13H,9H2,1H3/t10-,11-,13-,16-/m0/s1. The maximum atomic E-state index is 12.8. The van der Waals surface area contributed by atoms with Crippen LogP contribution >= 0.6 is 0 Å². The Morgan fingerprint density at radius 3 is 2.58 bits per heavy atom. The molecule has 1 aromatic rings. The molecule has 1 saturated heterocycles. The molecule has 4 atom stereocenters. The van der Waals surface area contributed by atoms with Gasteiger partial charge in [0.25, 0.3) is 0 Å².